The van der Waals surface area contributed by atoms with Crippen LogP contribution in [0.2, 0.25) is 0 Å². The van der Waals surface area contributed by atoms with E-state index in [9.17, 15) is 4.79 Å². The predicted octanol–water partition coefficient (Wildman–Crippen LogP) is 1.19. The highest BCUT2D eigenvalue weighted by molar-refractivity contribution is 5.92. The molecular formula is C13H11N5O2. The lowest BCUT2D eigenvalue weighted by molar-refractivity contribution is 0.0942. The Bertz CT molecular complexity index is 674. The van der Waals surface area contributed by atoms with E-state index in [4.69, 9.17) is 4.42 Å². The summed E-state index contributed by atoms with van der Waals surface area (Å²) in [4.78, 5) is 15.8. The highest BCUT2D eigenvalue weighted by Crippen LogP contribution is 2.04. The number of carbonyl (C=O) groups is 1. The fourth-order valence-electron chi connectivity index (χ4n) is 1.65. The monoisotopic (exact) mass is 269 g/mol. The number of carbonyl (C=O) groups excluding carboxylic acids is 1. The van der Waals surface area contributed by atoms with Crippen molar-refractivity contribution in [1.82, 2.24) is 25.1 Å². The normalized spacial score (nSPS) is 10.4. The summed E-state index contributed by atoms with van der Waals surface area (Å²) in [5.74, 6) is 0.984. The van der Waals surface area contributed by atoms with E-state index in [1.807, 2.05) is 0 Å². The first-order chi connectivity index (χ1) is 9.83. The van der Waals surface area contributed by atoms with Crippen LogP contribution < -0.4 is 5.32 Å². The van der Waals surface area contributed by atoms with Gasteiger partial charge < -0.3 is 9.73 Å². The topological polar surface area (TPSA) is 85.8 Å². The minimum atomic E-state index is -0.300. The van der Waals surface area contributed by atoms with Gasteiger partial charge in [0.25, 0.3) is 5.91 Å². The minimum Gasteiger partial charge on any atom is -0.467 e. The van der Waals surface area contributed by atoms with E-state index >= 15 is 0 Å². The minimum absolute atomic E-state index is 0.250. The first-order valence-electron chi connectivity index (χ1n) is 5.95. The van der Waals surface area contributed by atoms with Gasteiger partial charge in [0.2, 0.25) is 0 Å². The molecule has 0 fully saturated rings. The van der Waals surface area contributed by atoms with Crippen LogP contribution in [0.1, 0.15) is 16.2 Å². The summed E-state index contributed by atoms with van der Waals surface area (Å²) < 4.78 is 6.83. The number of nitrogens with zero attached hydrogens (tertiary/aromatic N) is 4. The van der Waals surface area contributed by atoms with Crippen LogP contribution in [0.4, 0.5) is 0 Å². The molecule has 3 aromatic heterocycles. The zero-order chi connectivity index (χ0) is 13.8. The lowest BCUT2D eigenvalue weighted by Crippen LogP contribution is -2.24. The summed E-state index contributed by atoms with van der Waals surface area (Å²) in [6, 6.07) is 6.87. The van der Waals surface area contributed by atoms with Gasteiger partial charge in [-0.05, 0) is 24.3 Å². The van der Waals surface area contributed by atoms with E-state index < -0.39 is 0 Å². The van der Waals surface area contributed by atoms with Crippen LogP contribution in [0.15, 0.2) is 53.7 Å². The molecule has 0 saturated carbocycles. The summed E-state index contributed by atoms with van der Waals surface area (Å²) in [5, 5.41) is 10.6. The molecule has 0 saturated heterocycles. The van der Waals surface area contributed by atoms with Gasteiger partial charge in [-0.15, -0.1) is 10.2 Å². The van der Waals surface area contributed by atoms with Gasteiger partial charge in [0, 0.05) is 12.4 Å². The largest absolute Gasteiger partial charge is 0.467 e. The molecule has 7 nitrogen and oxygen atoms in total. The molecule has 0 aliphatic rings. The molecule has 1 N–H and O–H groups in total. The third-order valence-electron chi connectivity index (χ3n) is 2.66. The van der Waals surface area contributed by atoms with E-state index in [0.717, 1.165) is 0 Å². The zero-order valence-electron chi connectivity index (χ0n) is 10.4. The summed E-state index contributed by atoms with van der Waals surface area (Å²) in [7, 11) is 0. The molecule has 3 aromatic rings. The molecule has 0 radical (unpaired) electrons. The van der Waals surface area contributed by atoms with E-state index in [1.165, 1.54) is 0 Å². The number of amides is 1. The quantitative estimate of drug-likeness (QED) is 0.768. The Labute approximate surface area is 114 Å². The van der Waals surface area contributed by atoms with Gasteiger partial charge in [-0.3, -0.25) is 9.36 Å². The molecule has 20 heavy (non-hydrogen) atoms. The average molecular weight is 269 g/mol. The maximum atomic E-state index is 11.9. The molecule has 100 valence electrons. The maximum Gasteiger partial charge on any atom is 0.272 e. The van der Waals surface area contributed by atoms with Gasteiger partial charge in [-0.2, -0.15) is 0 Å². The van der Waals surface area contributed by atoms with Gasteiger partial charge >= 0.3 is 0 Å². The Morgan fingerprint density at radius 2 is 2.25 bits per heavy atom. The Morgan fingerprint density at radius 1 is 1.30 bits per heavy atom. The number of furan rings is 1. The second kappa shape index (κ2) is 5.35. The third kappa shape index (κ3) is 2.56. The SMILES string of the molecule is O=C(NCc1ccco1)c1ccc(-n2ccnc2)nn1. The molecule has 0 atom stereocenters. The lowest BCUT2D eigenvalue weighted by Gasteiger charge is -2.03. The molecule has 3 heterocycles. The van der Waals surface area contributed by atoms with Gasteiger partial charge in [-0.25, -0.2) is 4.98 Å². The molecule has 0 bridgehead atoms. The summed E-state index contributed by atoms with van der Waals surface area (Å²) in [5.41, 5.74) is 0.250. The standard InChI is InChI=1S/C13H11N5O2/c19-13(15-8-10-2-1-7-20-10)11-3-4-12(17-16-11)18-6-5-14-9-18/h1-7,9H,8H2,(H,15,19). The Kier molecular flexibility index (Phi) is 3.24. The molecule has 0 aliphatic carbocycles. The van der Waals surface area contributed by atoms with Crippen LogP contribution in [0.25, 0.3) is 5.82 Å². The highest BCUT2D eigenvalue weighted by Gasteiger charge is 2.09. The lowest BCUT2D eigenvalue weighted by atomic mass is 10.3. The number of hydrogen-bond acceptors (Lipinski definition) is 5. The predicted molar refractivity (Wildman–Crippen MR) is 69.0 cm³/mol. The van der Waals surface area contributed by atoms with Crippen molar-refractivity contribution < 1.29 is 9.21 Å². The van der Waals surface area contributed by atoms with Crippen molar-refractivity contribution in [3.05, 3.63) is 60.7 Å². The Balaban J connectivity index is 1.66. The van der Waals surface area contributed by atoms with Crippen LogP contribution in [0.3, 0.4) is 0 Å². The van der Waals surface area contributed by atoms with Crippen molar-refractivity contribution in [3.63, 3.8) is 0 Å². The molecule has 0 spiro atoms. The van der Waals surface area contributed by atoms with Crippen LogP contribution in [0, 0.1) is 0 Å². The number of aromatic nitrogens is 4. The molecule has 3 rings (SSSR count). The number of imidazole rings is 1. The van der Waals surface area contributed by atoms with Crippen LogP contribution >= 0.6 is 0 Å². The van der Waals surface area contributed by atoms with Crippen LogP contribution in [-0.4, -0.2) is 25.7 Å². The Morgan fingerprint density at radius 3 is 2.90 bits per heavy atom. The van der Waals surface area contributed by atoms with E-state index in [0.29, 0.717) is 18.1 Å². The molecule has 0 aromatic carbocycles. The van der Waals surface area contributed by atoms with Crippen LogP contribution in [-0.2, 0) is 6.54 Å². The smallest absolute Gasteiger partial charge is 0.272 e. The summed E-state index contributed by atoms with van der Waals surface area (Å²) >= 11 is 0. The van der Waals surface area contributed by atoms with Crippen molar-refractivity contribution in [2.75, 3.05) is 0 Å². The summed E-state index contributed by atoms with van der Waals surface area (Å²) in [6.07, 6.45) is 6.56. The average Bonchev–Trinajstić information content (AvgIpc) is 3.18. The van der Waals surface area contributed by atoms with Crippen LogP contribution in [0.5, 0.6) is 0 Å². The van der Waals surface area contributed by atoms with Gasteiger partial charge in [0.15, 0.2) is 11.5 Å². The zero-order valence-corrected chi connectivity index (χ0v) is 10.4. The van der Waals surface area contributed by atoms with Gasteiger partial charge in [0.05, 0.1) is 12.8 Å². The second-order valence-electron chi connectivity index (χ2n) is 4.01. The molecule has 0 unspecified atom stereocenters. The summed E-state index contributed by atoms with van der Waals surface area (Å²) in [6.45, 7) is 0.316. The van der Waals surface area contributed by atoms with Crippen molar-refractivity contribution in [2.24, 2.45) is 0 Å². The number of rotatable bonds is 4. The second-order valence-corrected chi connectivity index (χ2v) is 4.01. The van der Waals surface area contributed by atoms with E-state index in [1.54, 1.807) is 53.8 Å². The fourth-order valence-corrected chi connectivity index (χ4v) is 1.65. The molecule has 0 aliphatic heterocycles. The first kappa shape index (κ1) is 12.1. The van der Waals surface area contributed by atoms with E-state index in [2.05, 4.69) is 20.5 Å². The van der Waals surface area contributed by atoms with Gasteiger partial charge in [-0.1, -0.05) is 0 Å². The maximum absolute atomic E-state index is 11.9. The number of hydrogen-bond donors (Lipinski definition) is 1. The van der Waals surface area contributed by atoms with Crippen molar-refractivity contribution in [1.29, 1.82) is 0 Å². The Hall–Kier alpha value is -2.96. The van der Waals surface area contributed by atoms with E-state index in [-0.39, 0.29) is 11.6 Å². The van der Waals surface area contributed by atoms with Crippen molar-refractivity contribution in [3.8, 4) is 5.82 Å². The highest BCUT2D eigenvalue weighted by atomic mass is 16.3. The molecule has 7 heteroatoms. The van der Waals surface area contributed by atoms with Crippen molar-refractivity contribution in [2.45, 2.75) is 6.54 Å². The first-order valence-corrected chi connectivity index (χ1v) is 5.95. The molecule has 1 amide bonds. The van der Waals surface area contributed by atoms with Gasteiger partial charge in [0.1, 0.15) is 12.1 Å². The molecular weight excluding hydrogens is 258 g/mol. The third-order valence-corrected chi connectivity index (χ3v) is 2.66. The van der Waals surface area contributed by atoms with Crippen molar-refractivity contribution >= 4 is 5.91 Å². The fraction of sp³-hybridized carbons (Fsp3) is 0.0769. The number of nitrogens with one attached hydrogen (secondary N) is 1.